The lowest BCUT2D eigenvalue weighted by Crippen LogP contribution is -2.57. The summed E-state index contributed by atoms with van der Waals surface area (Å²) in [7, 11) is 0. The molecule has 4 rings (SSSR count). The number of amides is 1. The highest BCUT2D eigenvalue weighted by molar-refractivity contribution is 8.04. The van der Waals surface area contributed by atoms with Crippen molar-refractivity contribution in [2.45, 2.75) is 31.9 Å². The fourth-order valence-corrected chi connectivity index (χ4v) is 5.52. The molecule has 16 heteroatoms. The van der Waals surface area contributed by atoms with E-state index < -0.39 is 45.1 Å². The molecule has 220 valence electrons. The second-order valence-electron chi connectivity index (χ2n) is 8.97. The Morgan fingerprint density at radius 3 is 1.90 bits per heavy atom. The Morgan fingerprint density at radius 1 is 0.833 bits per heavy atom. The van der Waals surface area contributed by atoms with Crippen LogP contribution in [0, 0.1) is 26.1 Å². The minimum Gasteiger partial charge on any atom is -0.460 e. The molecule has 42 heavy (non-hydrogen) atoms. The summed E-state index contributed by atoms with van der Waals surface area (Å²) in [5.41, 5.74) is 0.729. The third-order valence-electron chi connectivity index (χ3n) is 6.19. The molecule has 2 aromatic carbocycles. The summed E-state index contributed by atoms with van der Waals surface area (Å²) in [4.78, 5) is 71.3. The van der Waals surface area contributed by atoms with Gasteiger partial charge in [0.25, 0.3) is 11.4 Å². The maximum Gasteiger partial charge on any atom is 0.508 e. The molecule has 0 aromatic heterocycles. The lowest BCUT2D eigenvalue weighted by Gasteiger charge is -2.42. The molecule has 2 aliphatic rings. The SMILES string of the molecule is CC(=O)OCC1=C(C(=O)OCc2ccc([N+](=O)[O-])cc2)N2C(=O)[C@H](CCOC(=O)OCc3ccc([N+](=O)[O-])cc3)[C@H]2S1. The van der Waals surface area contributed by atoms with Crippen molar-refractivity contribution in [1.29, 1.82) is 0 Å². The number of ether oxygens (including phenoxy) is 4. The van der Waals surface area contributed by atoms with Crippen molar-refractivity contribution in [3.05, 3.63) is 90.5 Å². The second-order valence-corrected chi connectivity index (χ2v) is 10.2. The number of nitro groups is 2. The van der Waals surface area contributed by atoms with Crippen molar-refractivity contribution in [2.24, 2.45) is 5.92 Å². The lowest BCUT2D eigenvalue weighted by molar-refractivity contribution is -0.385. The van der Waals surface area contributed by atoms with Crippen molar-refractivity contribution in [3.63, 3.8) is 0 Å². The number of carbonyl (C=O) groups is 4. The zero-order chi connectivity index (χ0) is 30.4. The van der Waals surface area contributed by atoms with Crippen LogP contribution < -0.4 is 0 Å². The van der Waals surface area contributed by atoms with Gasteiger partial charge in [0, 0.05) is 31.2 Å². The number of rotatable bonds is 12. The summed E-state index contributed by atoms with van der Waals surface area (Å²) in [5.74, 6) is -2.43. The van der Waals surface area contributed by atoms with Gasteiger partial charge in [-0.05, 0) is 41.8 Å². The van der Waals surface area contributed by atoms with Gasteiger partial charge in [0.2, 0.25) is 5.91 Å². The number of hydrogen-bond donors (Lipinski definition) is 0. The fraction of sp³-hybridized carbons (Fsp3) is 0.308. The normalized spacial score (nSPS) is 17.2. The molecule has 0 unspecified atom stereocenters. The highest BCUT2D eigenvalue weighted by atomic mass is 32.2. The molecular weight excluding hydrogens is 578 g/mol. The average molecular weight is 602 g/mol. The average Bonchev–Trinajstić information content (AvgIpc) is 3.31. The first-order valence-electron chi connectivity index (χ1n) is 12.3. The predicted octanol–water partition coefficient (Wildman–Crippen LogP) is 3.60. The van der Waals surface area contributed by atoms with Gasteiger partial charge in [0.05, 0.1) is 32.7 Å². The first-order chi connectivity index (χ1) is 20.0. The lowest BCUT2D eigenvalue weighted by atomic mass is 9.94. The Balaban J connectivity index is 1.29. The molecule has 1 saturated heterocycles. The topological polar surface area (TPSA) is 195 Å². The van der Waals surface area contributed by atoms with E-state index in [0.29, 0.717) is 16.0 Å². The summed E-state index contributed by atoms with van der Waals surface area (Å²) in [6.45, 7) is 0.422. The van der Waals surface area contributed by atoms with E-state index in [1.165, 1.54) is 60.4 Å². The minimum absolute atomic E-state index is 0.0576. The molecule has 2 aliphatic heterocycles. The van der Waals surface area contributed by atoms with Crippen LogP contribution in [0.25, 0.3) is 0 Å². The first-order valence-corrected chi connectivity index (χ1v) is 13.2. The quantitative estimate of drug-likeness (QED) is 0.113. The van der Waals surface area contributed by atoms with Crippen LogP contribution >= 0.6 is 11.8 Å². The molecule has 0 bridgehead atoms. The van der Waals surface area contributed by atoms with Crippen LogP contribution in [0.15, 0.2) is 59.1 Å². The summed E-state index contributed by atoms with van der Waals surface area (Å²) in [6, 6.07) is 10.9. The van der Waals surface area contributed by atoms with Gasteiger partial charge in [-0.15, -0.1) is 0 Å². The third-order valence-corrected chi connectivity index (χ3v) is 7.57. The molecule has 0 aliphatic carbocycles. The standard InChI is InChI=1S/C26H23N3O12S/c1-15(30)39-14-21-22(25(32)40-12-16-2-6-18(7-3-16)28(34)35)27-23(31)20(24(27)42-21)10-11-38-26(33)41-13-17-4-8-19(9-5-17)29(36)37/h2-9,20,24H,10-14H2,1H3/t20-,24+/m0/s1. The van der Waals surface area contributed by atoms with Crippen molar-refractivity contribution >= 4 is 47.1 Å². The largest absolute Gasteiger partial charge is 0.508 e. The minimum atomic E-state index is -0.986. The number of hydrogen-bond acceptors (Lipinski definition) is 13. The van der Waals surface area contributed by atoms with Crippen LogP contribution in [0.4, 0.5) is 16.2 Å². The van der Waals surface area contributed by atoms with Crippen LogP contribution in [0.3, 0.4) is 0 Å². The van der Waals surface area contributed by atoms with Crippen molar-refractivity contribution in [3.8, 4) is 0 Å². The van der Waals surface area contributed by atoms with Gasteiger partial charge in [0.15, 0.2) is 0 Å². The van der Waals surface area contributed by atoms with E-state index in [1.807, 2.05) is 0 Å². The van der Waals surface area contributed by atoms with Gasteiger partial charge in [-0.2, -0.15) is 0 Å². The van der Waals surface area contributed by atoms with E-state index in [9.17, 15) is 39.4 Å². The van der Waals surface area contributed by atoms with Gasteiger partial charge in [-0.25, -0.2) is 9.59 Å². The number of nitrogens with zero attached hydrogens (tertiary/aromatic N) is 3. The maximum atomic E-state index is 13.0. The number of nitro benzene ring substituents is 2. The van der Waals surface area contributed by atoms with Gasteiger partial charge in [0.1, 0.15) is 25.5 Å². The van der Waals surface area contributed by atoms with E-state index in [0.717, 1.165) is 11.8 Å². The van der Waals surface area contributed by atoms with Crippen LogP contribution in [-0.2, 0) is 46.5 Å². The van der Waals surface area contributed by atoms with E-state index in [4.69, 9.17) is 18.9 Å². The summed E-state index contributed by atoms with van der Waals surface area (Å²) < 4.78 is 20.4. The Hall–Kier alpha value is -4.99. The summed E-state index contributed by atoms with van der Waals surface area (Å²) in [6.07, 6.45) is -0.855. The molecule has 2 atom stereocenters. The number of β-lactam (4-membered cyclic amide) rings is 1. The Bertz CT molecular complexity index is 1440. The molecule has 2 aromatic rings. The third kappa shape index (κ3) is 7.01. The van der Waals surface area contributed by atoms with E-state index in [-0.39, 0.29) is 49.9 Å². The number of non-ortho nitro benzene ring substituents is 2. The van der Waals surface area contributed by atoms with Crippen molar-refractivity contribution in [1.82, 2.24) is 4.90 Å². The molecule has 15 nitrogen and oxygen atoms in total. The number of carbonyl (C=O) groups excluding carboxylic acids is 4. The Kier molecular flexibility index (Phi) is 9.36. The molecule has 1 fully saturated rings. The van der Waals surface area contributed by atoms with E-state index >= 15 is 0 Å². The molecule has 0 radical (unpaired) electrons. The Morgan fingerprint density at radius 2 is 1.38 bits per heavy atom. The number of fused-ring (bicyclic) bond motifs is 1. The fourth-order valence-electron chi connectivity index (χ4n) is 4.08. The van der Waals surface area contributed by atoms with Gasteiger partial charge in [-0.3, -0.25) is 34.7 Å². The number of esters is 2. The number of benzene rings is 2. The van der Waals surface area contributed by atoms with Crippen molar-refractivity contribution < 1.29 is 48.0 Å². The van der Waals surface area contributed by atoms with Crippen LogP contribution in [0.5, 0.6) is 0 Å². The van der Waals surface area contributed by atoms with Gasteiger partial charge >= 0.3 is 18.1 Å². The van der Waals surface area contributed by atoms with E-state index in [2.05, 4.69) is 0 Å². The molecule has 0 N–H and O–H groups in total. The molecular formula is C26H23N3O12S. The zero-order valence-corrected chi connectivity index (χ0v) is 22.8. The number of thioether (sulfide) groups is 1. The molecule has 1 amide bonds. The molecule has 2 heterocycles. The monoisotopic (exact) mass is 601 g/mol. The zero-order valence-electron chi connectivity index (χ0n) is 22.0. The Labute approximate surface area is 241 Å². The van der Waals surface area contributed by atoms with Crippen molar-refractivity contribution in [2.75, 3.05) is 13.2 Å². The van der Waals surface area contributed by atoms with E-state index in [1.54, 1.807) is 0 Å². The molecule has 0 saturated carbocycles. The first kappa shape index (κ1) is 30.0. The summed E-state index contributed by atoms with van der Waals surface area (Å²) >= 11 is 1.16. The van der Waals surface area contributed by atoms with Crippen LogP contribution in [0.1, 0.15) is 24.5 Å². The van der Waals surface area contributed by atoms with Crippen LogP contribution in [0.2, 0.25) is 0 Å². The molecule has 0 spiro atoms. The van der Waals surface area contributed by atoms with Gasteiger partial charge < -0.3 is 18.9 Å². The van der Waals surface area contributed by atoms with Crippen LogP contribution in [-0.4, -0.2) is 57.3 Å². The van der Waals surface area contributed by atoms with Gasteiger partial charge in [-0.1, -0.05) is 11.8 Å². The predicted molar refractivity (Wildman–Crippen MR) is 142 cm³/mol. The highest BCUT2D eigenvalue weighted by Gasteiger charge is 2.56. The summed E-state index contributed by atoms with van der Waals surface area (Å²) in [5, 5.41) is 21.0. The smallest absolute Gasteiger partial charge is 0.460 e. The maximum absolute atomic E-state index is 13.0. The highest BCUT2D eigenvalue weighted by Crippen LogP contribution is 2.50. The second kappa shape index (κ2) is 13.1.